The van der Waals surface area contributed by atoms with E-state index < -0.39 is 11.9 Å². The number of hydrogen-bond acceptors (Lipinski definition) is 4. The first-order chi connectivity index (χ1) is 13.8. The largest absolute Gasteiger partial charge is 0.433 e. The number of likely N-dealkylation sites (tertiary alicyclic amines) is 1. The summed E-state index contributed by atoms with van der Waals surface area (Å²) >= 11 is 0. The molecule has 1 aliphatic rings. The van der Waals surface area contributed by atoms with Gasteiger partial charge in [-0.05, 0) is 43.0 Å². The Hall–Kier alpha value is -2.48. The van der Waals surface area contributed by atoms with Crippen LogP contribution in [0.4, 0.5) is 13.2 Å². The predicted octanol–water partition coefficient (Wildman–Crippen LogP) is 4.65. The van der Waals surface area contributed by atoms with Gasteiger partial charge in [0.1, 0.15) is 5.69 Å². The summed E-state index contributed by atoms with van der Waals surface area (Å²) in [4.78, 5) is 10.9. The summed E-state index contributed by atoms with van der Waals surface area (Å²) in [7, 11) is 0. The number of hydrogen-bond donors (Lipinski definition) is 0. The van der Waals surface area contributed by atoms with E-state index in [2.05, 4.69) is 20.0 Å². The molecule has 0 saturated carbocycles. The number of pyridine rings is 1. The molecule has 0 spiro atoms. The Balaban J connectivity index is 1.63. The van der Waals surface area contributed by atoms with Gasteiger partial charge in [-0.1, -0.05) is 19.9 Å². The maximum absolute atomic E-state index is 13.6. The summed E-state index contributed by atoms with van der Waals surface area (Å²) in [5.41, 5.74) is 1.74. The highest BCUT2D eigenvalue weighted by Gasteiger charge is 2.36. The molecule has 4 rings (SSSR count). The summed E-state index contributed by atoms with van der Waals surface area (Å²) < 4.78 is 41.8. The predicted molar refractivity (Wildman–Crippen MR) is 104 cm³/mol. The molecular weight excluding hydrogens is 379 g/mol. The second-order valence-electron chi connectivity index (χ2n) is 7.99. The molecular formula is C21H24F3N5. The molecule has 5 nitrogen and oxygen atoms in total. The minimum absolute atomic E-state index is 0.0886. The lowest BCUT2D eigenvalue weighted by Crippen LogP contribution is -2.34. The van der Waals surface area contributed by atoms with Gasteiger partial charge in [0.2, 0.25) is 0 Å². The van der Waals surface area contributed by atoms with Gasteiger partial charge in [-0.25, -0.2) is 9.50 Å². The molecule has 0 aromatic carbocycles. The van der Waals surface area contributed by atoms with E-state index in [9.17, 15) is 13.2 Å². The minimum atomic E-state index is -4.48. The quantitative estimate of drug-likeness (QED) is 0.636. The lowest BCUT2D eigenvalue weighted by Gasteiger charge is -2.31. The molecule has 1 aliphatic heterocycles. The van der Waals surface area contributed by atoms with Crippen LogP contribution in [-0.2, 0) is 12.7 Å². The smallest absolute Gasteiger partial charge is 0.298 e. The van der Waals surface area contributed by atoms with Crippen LogP contribution in [-0.4, -0.2) is 37.6 Å². The summed E-state index contributed by atoms with van der Waals surface area (Å²) in [5.74, 6) is -0.00481. The van der Waals surface area contributed by atoms with Gasteiger partial charge in [0.25, 0.3) is 0 Å². The van der Waals surface area contributed by atoms with Crippen molar-refractivity contribution in [3.05, 3.63) is 59.3 Å². The van der Waals surface area contributed by atoms with Crippen molar-refractivity contribution >= 4 is 5.65 Å². The summed E-state index contributed by atoms with van der Waals surface area (Å²) in [6, 6.07) is 6.79. The van der Waals surface area contributed by atoms with E-state index in [0.29, 0.717) is 11.4 Å². The van der Waals surface area contributed by atoms with Crippen molar-refractivity contribution in [3.63, 3.8) is 0 Å². The highest BCUT2D eigenvalue weighted by Crippen LogP contribution is 2.33. The van der Waals surface area contributed by atoms with Gasteiger partial charge in [0, 0.05) is 43.2 Å². The van der Waals surface area contributed by atoms with Crippen LogP contribution in [0.25, 0.3) is 5.65 Å². The Kier molecular flexibility index (Phi) is 5.29. The molecule has 0 N–H and O–H groups in total. The maximum Gasteiger partial charge on any atom is 0.433 e. The first kappa shape index (κ1) is 19.8. The van der Waals surface area contributed by atoms with E-state index in [0.717, 1.165) is 48.6 Å². The molecule has 3 aromatic heterocycles. The highest BCUT2D eigenvalue weighted by molar-refractivity contribution is 5.44. The minimum Gasteiger partial charge on any atom is -0.298 e. The van der Waals surface area contributed by atoms with Crippen molar-refractivity contribution in [3.8, 4) is 0 Å². The zero-order valence-corrected chi connectivity index (χ0v) is 16.5. The number of piperidine rings is 1. The first-order valence-electron chi connectivity index (χ1n) is 9.90. The SMILES string of the molecule is CC(C)c1cc(C(F)(F)F)n2nc([C@H]3CCCN(Cc4cccnc4)C3)cc2n1. The molecule has 0 amide bonds. The Bertz CT molecular complexity index is 981. The van der Waals surface area contributed by atoms with E-state index >= 15 is 0 Å². The number of fused-ring (bicyclic) bond motifs is 1. The van der Waals surface area contributed by atoms with Gasteiger partial charge in [0.15, 0.2) is 5.65 Å². The molecule has 1 atom stereocenters. The molecule has 0 radical (unpaired) electrons. The average molecular weight is 403 g/mol. The lowest BCUT2D eigenvalue weighted by atomic mass is 9.94. The molecule has 4 heterocycles. The Morgan fingerprint density at radius 2 is 2.07 bits per heavy atom. The standard InChI is InChI=1S/C21H24F3N5/c1-14(2)17-9-19(21(22,23)24)29-20(26-17)10-18(27-29)16-6-4-8-28(13-16)12-15-5-3-7-25-11-15/h3,5,7,9-11,14,16H,4,6,8,12-13H2,1-2H3/t16-/m0/s1. The van der Waals surface area contributed by atoms with Crippen molar-refractivity contribution in [2.45, 2.75) is 51.2 Å². The fourth-order valence-electron chi connectivity index (χ4n) is 3.90. The summed E-state index contributed by atoms with van der Waals surface area (Å²) in [6.45, 7) is 6.18. The lowest BCUT2D eigenvalue weighted by molar-refractivity contribution is -0.142. The van der Waals surface area contributed by atoms with Crippen LogP contribution in [0.1, 0.15) is 61.2 Å². The average Bonchev–Trinajstić information content (AvgIpc) is 3.11. The summed E-state index contributed by atoms with van der Waals surface area (Å²) in [5, 5.41) is 4.34. The van der Waals surface area contributed by atoms with Crippen molar-refractivity contribution in [2.75, 3.05) is 13.1 Å². The van der Waals surface area contributed by atoms with E-state index in [1.165, 1.54) is 0 Å². The van der Waals surface area contributed by atoms with E-state index in [4.69, 9.17) is 0 Å². The first-order valence-corrected chi connectivity index (χ1v) is 9.90. The van der Waals surface area contributed by atoms with Crippen molar-refractivity contribution in [2.24, 2.45) is 0 Å². The molecule has 3 aromatic rings. The molecule has 0 unspecified atom stereocenters. The number of rotatable bonds is 4. The third-order valence-corrected chi connectivity index (χ3v) is 5.40. The van der Waals surface area contributed by atoms with Gasteiger partial charge < -0.3 is 0 Å². The second kappa shape index (κ2) is 7.74. The van der Waals surface area contributed by atoms with Crippen LogP contribution in [0.5, 0.6) is 0 Å². The molecule has 8 heteroatoms. The highest BCUT2D eigenvalue weighted by atomic mass is 19.4. The second-order valence-corrected chi connectivity index (χ2v) is 7.99. The van der Waals surface area contributed by atoms with Crippen LogP contribution >= 0.6 is 0 Å². The monoisotopic (exact) mass is 403 g/mol. The van der Waals surface area contributed by atoms with E-state index in [1.807, 2.05) is 32.2 Å². The topological polar surface area (TPSA) is 46.3 Å². The molecule has 1 fully saturated rings. The van der Waals surface area contributed by atoms with Crippen molar-refractivity contribution in [1.82, 2.24) is 24.5 Å². The van der Waals surface area contributed by atoms with Gasteiger partial charge in [-0.2, -0.15) is 18.3 Å². The third-order valence-electron chi connectivity index (χ3n) is 5.40. The van der Waals surface area contributed by atoms with Gasteiger partial charge in [-0.3, -0.25) is 9.88 Å². The fourth-order valence-corrected chi connectivity index (χ4v) is 3.90. The Morgan fingerprint density at radius 3 is 2.76 bits per heavy atom. The van der Waals surface area contributed by atoms with Gasteiger partial charge >= 0.3 is 6.18 Å². The van der Waals surface area contributed by atoms with Crippen molar-refractivity contribution < 1.29 is 13.2 Å². The molecule has 1 saturated heterocycles. The van der Waals surface area contributed by atoms with Crippen molar-refractivity contribution in [1.29, 1.82) is 0 Å². The van der Waals surface area contributed by atoms with Crippen LogP contribution < -0.4 is 0 Å². The van der Waals surface area contributed by atoms with Crippen LogP contribution in [0, 0.1) is 0 Å². The maximum atomic E-state index is 13.6. The molecule has 0 bridgehead atoms. The summed E-state index contributed by atoms with van der Waals surface area (Å²) in [6.07, 6.45) is 1.01. The van der Waals surface area contributed by atoms with E-state index in [1.54, 1.807) is 12.3 Å². The Morgan fingerprint density at radius 1 is 1.24 bits per heavy atom. The number of alkyl halides is 3. The number of aromatic nitrogens is 4. The van der Waals surface area contributed by atoms with Crippen LogP contribution in [0.15, 0.2) is 36.7 Å². The van der Waals surface area contributed by atoms with Gasteiger partial charge in [0.05, 0.1) is 5.69 Å². The normalized spacial score (nSPS) is 18.6. The number of halogens is 3. The molecule has 154 valence electrons. The van der Waals surface area contributed by atoms with Crippen LogP contribution in [0.3, 0.4) is 0 Å². The number of nitrogens with zero attached hydrogens (tertiary/aromatic N) is 5. The van der Waals surface area contributed by atoms with Gasteiger partial charge in [-0.15, -0.1) is 0 Å². The molecule has 0 aliphatic carbocycles. The zero-order chi connectivity index (χ0) is 20.6. The van der Waals surface area contributed by atoms with E-state index in [-0.39, 0.29) is 17.5 Å². The van der Waals surface area contributed by atoms with Crippen LogP contribution in [0.2, 0.25) is 0 Å². The Labute approximate surface area is 167 Å². The fraction of sp³-hybridized carbons (Fsp3) is 0.476. The third kappa shape index (κ3) is 4.27. The zero-order valence-electron chi connectivity index (χ0n) is 16.5. The molecule has 29 heavy (non-hydrogen) atoms.